The Morgan fingerprint density at radius 2 is 2.26 bits per heavy atom. The molecule has 6 nitrogen and oxygen atoms in total. The van der Waals surface area contributed by atoms with E-state index in [1.54, 1.807) is 7.05 Å². The maximum Gasteiger partial charge on any atom is 0.217 e. The molecule has 0 saturated carbocycles. The topological polar surface area (TPSA) is 80.0 Å². The SMILES string of the molecule is CN=C(NCCCOc1ccc(Cl)cc1C)N1CCCC(CC(N)=O)C1.I. The number of nitrogens with one attached hydrogen (secondary N) is 1. The number of halogens is 2. The van der Waals surface area contributed by atoms with Gasteiger partial charge in [-0.3, -0.25) is 9.79 Å². The second-order valence-corrected chi connectivity index (χ2v) is 7.15. The highest BCUT2D eigenvalue weighted by molar-refractivity contribution is 14.0. The zero-order valence-corrected chi connectivity index (χ0v) is 19.1. The maximum absolute atomic E-state index is 11.2. The number of hydrogen-bond acceptors (Lipinski definition) is 3. The summed E-state index contributed by atoms with van der Waals surface area (Å²) in [6.07, 6.45) is 3.41. The summed E-state index contributed by atoms with van der Waals surface area (Å²) in [4.78, 5) is 17.7. The summed E-state index contributed by atoms with van der Waals surface area (Å²) >= 11 is 5.95. The summed E-state index contributed by atoms with van der Waals surface area (Å²) in [5.74, 6) is 1.83. The van der Waals surface area contributed by atoms with Crippen molar-refractivity contribution in [3.8, 4) is 5.75 Å². The van der Waals surface area contributed by atoms with Gasteiger partial charge in [-0.2, -0.15) is 0 Å². The average molecular weight is 509 g/mol. The zero-order chi connectivity index (χ0) is 18.9. The van der Waals surface area contributed by atoms with Crippen molar-refractivity contribution in [1.29, 1.82) is 0 Å². The first-order chi connectivity index (χ1) is 12.5. The van der Waals surface area contributed by atoms with Crippen LogP contribution in [0.25, 0.3) is 0 Å². The molecule has 0 aliphatic carbocycles. The van der Waals surface area contributed by atoms with Crippen LogP contribution in [0.2, 0.25) is 5.02 Å². The number of nitrogens with two attached hydrogens (primary N) is 1. The van der Waals surface area contributed by atoms with Gasteiger partial charge in [-0.1, -0.05) is 11.6 Å². The molecule has 0 radical (unpaired) electrons. The number of likely N-dealkylation sites (tertiary alicyclic amines) is 1. The smallest absolute Gasteiger partial charge is 0.217 e. The molecular weight excluding hydrogens is 479 g/mol. The first kappa shape index (κ1) is 23.8. The van der Waals surface area contributed by atoms with Crippen LogP contribution in [0.1, 0.15) is 31.2 Å². The van der Waals surface area contributed by atoms with Crippen LogP contribution in [0.3, 0.4) is 0 Å². The molecule has 0 bridgehead atoms. The van der Waals surface area contributed by atoms with Crippen molar-refractivity contribution in [3.05, 3.63) is 28.8 Å². The van der Waals surface area contributed by atoms with Gasteiger partial charge in [0.2, 0.25) is 5.91 Å². The number of benzene rings is 1. The summed E-state index contributed by atoms with van der Waals surface area (Å²) in [6.45, 7) is 5.16. The van der Waals surface area contributed by atoms with E-state index in [1.165, 1.54) is 0 Å². The van der Waals surface area contributed by atoms with E-state index in [0.29, 0.717) is 18.9 Å². The molecule has 1 aromatic carbocycles. The minimum absolute atomic E-state index is 0. The minimum Gasteiger partial charge on any atom is -0.493 e. The Labute approximate surface area is 183 Å². The van der Waals surface area contributed by atoms with Crippen LogP contribution in [0.15, 0.2) is 23.2 Å². The predicted molar refractivity (Wildman–Crippen MR) is 121 cm³/mol. The van der Waals surface area contributed by atoms with Crippen molar-refractivity contribution in [2.24, 2.45) is 16.6 Å². The molecule has 1 amide bonds. The van der Waals surface area contributed by atoms with Crippen LogP contribution in [0, 0.1) is 12.8 Å². The lowest BCUT2D eigenvalue weighted by atomic mass is 9.95. The first-order valence-corrected chi connectivity index (χ1v) is 9.50. The number of carbonyl (C=O) groups excluding carboxylic acids is 1. The van der Waals surface area contributed by atoms with Crippen LogP contribution >= 0.6 is 35.6 Å². The molecule has 1 aliphatic heterocycles. The number of rotatable bonds is 7. The van der Waals surface area contributed by atoms with Gasteiger partial charge < -0.3 is 20.7 Å². The number of ether oxygens (including phenoxy) is 1. The van der Waals surface area contributed by atoms with E-state index in [4.69, 9.17) is 22.1 Å². The van der Waals surface area contributed by atoms with Gasteiger partial charge in [0, 0.05) is 38.1 Å². The van der Waals surface area contributed by atoms with E-state index in [1.807, 2.05) is 25.1 Å². The molecule has 1 unspecified atom stereocenters. The van der Waals surface area contributed by atoms with E-state index < -0.39 is 0 Å². The Morgan fingerprint density at radius 3 is 2.93 bits per heavy atom. The largest absolute Gasteiger partial charge is 0.493 e. The zero-order valence-electron chi connectivity index (χ0n) is 16.0. The van der Waals surface area contributed by atoms with Crippen molar-refractivity contribution < 1.29 is 9.53 Å². The highest BCUT2D eigenvalue weighted by Gasteiger charge is 2.23. The fraction of sp³-hybridized carbons (Fsp3) is 0.579. The van der Waals surface area contributed by atoms with Crippen LogP contribution in [0.5, 0.6) is 5.75 Å². The minimum atomic E-state index is -0.227. The fourth-order valence-corrected chi connectivity index (χ4v) is 3.50. The van der Waals surface area contributed by atoms with Gasteiger partial charge in [0.25, 0.3) is 0 Å². The van der Waals surface area contributed by atoms with E-state index in [9.17, 15) is 4.79 Å². The van der Waals surface area contributed by atoms with Crippen molar-refractivity contribution in [2.75, 3.05) is 33.3 Å². The number of aliphatic imine (C=N–C) groups is 1. The number of aryl methyl sites for hydroxylation is 1. The van der Waals surface area contributed by atoms with Crippen LogP contribution in [-0.2, 0) is 4.79 Å². The lowest BCUT2D eigenvalue weighted by Crippen LogP contribution is -2.47. The molecule has 0 spiro atoms. The van der Waals surface area contributed by atoms with E-state index in [0.717, 1.165) is 61.2 Å². The molecule has 152 valence electrons. The summed E-state index contributed by atoms with van der Waals surface area (Å²) in [5.41, 5.74) is 6.37. The molecule has 27 heavy (non-hydrogen) atoms. The molecule has 1 aromatic rings. The highest BCUT2D eigenvalue weighted by atomic mass is 127. The molecule has 1 fully saturated rings. The second kappa shape index (κ2) is 12.3. The van der Waals surface area contributed by atoms with Gasteiger partial charge in [-0.05, 0) is 55.9 Å². The van der Waals surface area contributed by atoms with Gasteiger partial charge in [-0.15, -0.1) is 24.0 Å². The first-order valence-electron chi connectivity index (χ1n) is 9.12. The Hall–Kier alpha value is -1.22. The molecule has 1 saturated heterocycles. The fourth-order valence-electron chi connectivity index (χ4n) is 3.27. The van der Waals surface area contributed by atoms with Crippen LogP contribution < -0.4 is 15.8 Å². The Morgan fingerprint density at radius 1 is 1.48 bits per heavy atom. The Kier molecular flexibility index (Phi) is 10.8. The summed E-state index contributed by atoms with van der Waals surface area (Å²) in [7, 11) is 1.79. The van der Waals surface area contributed by atoms with Crippen molar-refractivity contribution in [3.63, 3.8) is 0 Å². The number of guanidine groups is 1. The number of carbonyl (C=O) groups is 1. The van der Waals surface area contributed by atoms with Crippen molar-refractivity contribution in [2.45, 2.75) is 32.6 Å². The van der Waals surface area contributed by atoms with Gasteiger partial charge in [0.15, 0.2) is 5.96 Å². The van der Waals surface area contributed by atoms with E-state index >= 15 is 0 Å². The standard InChI is InChI=1S/C19H29ClN4O2.HI/c1-14-11-16(20)6-7-17(14)26-10-4-8-23-19(22-2)24-9-3-5-15(13-24)12-18(21)25;/h6-7,11,15H,3-5,8-10,12-13H2,1-2H3,(H2,21,25)(H,22,23);1H. The third-order valence-corrected chi connectivity index (χ3v) is 4.75. The lowest BCUT2D eigenvalue weighted by Gasteiger charge is -2.34. The molecule has 3 N–H and O–H groups in total. The van der Waals surface area contributed by atoms with Crippen LogP contribution in [0.4, 0.5) is 0 Å². The lowest BCUT2D eigenvalue weighted by molar-refractivity contribution is -0.119. The van der Waals surface area contributed by atoms with Crippen LogP contribution in [-0.4, -0.2) is 50.1 Å². The Bertz CT molecular complexity index is 642. The number of amides is 1. The number of nitrogens with zero attached hydrogens (tertiary/aromatic N) is 2. The highest BCUT2D eigenvalue weighted by Crippen LogP contribution is 2.22. The van der Waals surface area contributed by atoms with Gasteiger partial charge in [0.05, 0.1) is 6.61 Å². The van der Waals surface area contributed by atoms with Gasteiger partial charge >= 0.3 is 0 Å². The third kappa shape index (κ3) is 8.13. The van der Waals surface area contributed by atoms with E-state index in [2.05, 4.69) is 15.2 Å². The molecule has 2 rings (SSSR count). The normalized spacial score (nSPS) is 17.2. The molecule has 1 aliphatic rings. The third-order valence-electron chi connectivity index (χ3n) is 4.52. The van der Waals surface area contributed by atoms with E-state index in [-0.39, 0.29) is 29.9 Å². The molecule has 0 aromatic heterocycles. The number of primary amides is 1. The maximum atomic E-state index is 11.2. The molecular formula is C19H30ClIN4O2. The molecule has 1 heterocycles. The summed E-state index contributed by atoms with van der Waals surface area (Å²) < 4.78 is 5.81. The molecule has 8 heteroatoms. The van der Waals surface area contributed by atoms with Gasteiger partial charge in [-0.25, -0.2) is 0 Å². The summed E-state index contributed by atoms with van der Waals surface area (Å²) in [5, 5.41) is 4.10. The molecule has 1 atom stereocenters. The monoisotopic (exact) mass is 508 g/mol. The van der Waals surface area contributed by atoms with Gasteiger partial charge in [0.1, 0.15) is 5.75 Å². The summed E-state index contributed by atoms with van der Waals surface area (Å²) in [6, 6.07) is 5.63. The Balaban J connectivity index is 0.00000364. The number of hydrogen-bond donors (Lipinski definition) is 2. The predicted octanol–water partition coefficient (Wildman–Crippen LogP) is 3.20. The van der Waals surface area contributed by atoms with Crippen molar-refractivity contribution >= 4 is 47.4 Å². The average Bonchev–Trinajstić information content (AvgIpc) is 2.59. The number of piperidine rings is 1. The quantitative estimate of drug-likeness (QED) is 0.257. The van der Waals surface area contributed by atoms with Crippen molar-refractivity contribution in [1.82, 2.24) is 10.2 Å². The second-order valence-electron chi connectivity index (χ2n) is 6.71.